The number of para-hydroxylation sites is 1. The molecule has 1 aliphatic rings. The second-order valence-corrected chi connectivity index (χ2v) is 5.87. The maximum atomic E-state index is 6.13. The fourth-order valence-corrected chi connectivity index (χ4v) is 3.14. The van der Waals surface area contributed by atoms with Gasteiger partial charge in [-0.1, -0.05) is 18.2 Å². The molecule has 21 heavy (non-hydrogen) atoms. The summed E-state index contributed by atoms with van der Waals surface area (Å²) in [5.41, 5.74) is 7.57. The van der Waals surface area contributed by atoms with Crippen LogP contribution in [-0.2, 0) is 4.74 Å². The lowest BCUT2D eigenvalue weighted by Crippen LogP contribution is -2.58. The molecule has 0 bridgehead atoms. The van der Waals surface area contributed by atoms with Crippen LogP contribution in [0.5, 0.6) is 0 Å². The molecule has 2 N–H and O–H groups in total. The highest BCUT2D eigenvalue weighted by Gasteiger charge is 2.36. The molecule has 0 saturated carbocycles. The van der Waals surface area contributed by atoms with E-state index in [1.807, 2.05) is 6.92 Å². The van der Waals surface area contributed by atoms with E-state index in [0.29, 0.717) is 0 Å². The van der Waals surface area contributed by atoms with Crippen molar-refractivity contribution < 1.29 is 4.74 Å². The molecule has 1 saturated heterocycles. The molecule has 1 aliphatic heterocycles. The first-order valence-corrected chi connectivity index (χ1v) is 8.01. The van der Waals surface area contributed by atoms with Gasteiger partial charge in [-0.2, -0.15) is 0 Å². The number of hydrogen-bond donors (Lipinski definition) is 1. The molecule has 1 heterocycles. The minimum absolute atomic E-state index is 0.127. The molecular formula is C17H29N3O. The summed E-state index contributed by atoms with van der Waals surface area (Å²) in [6.07, 6.45) is 2.22. The van der Waals surface area contributed by atoms with E-state index >= 15 is 0 Å². The van der Waals surface area contributed by atoms with E-state index in [4.69, 9.17) is 10.5 Å². The number of nitrogens with two attached hydrogens (primary N) is 1. The van der Waals surface area contributed by atoms with Crippen molar-refractivity contribution in [3.63, 3.8) is 0 Å². The van der Waals surface area contributed by atoms with Crippen molar-refractivity contribution in [1.82, 2.24) is 4.90 Å². The van der Waals surface area contributed by atoms with Gasteiger partial charge in [-0.05, 0) is 38.9 Å². The van der Waals surface area contributed by atoms with Crippen molar-refractivity contribution in [1.29, 1.82) is 0 Å². The van der Waals surface area contributed by atoms with Crippen molar-refractivity contribution in [3.8, 4) is 0 Å². The predicted octanol–water partition coefficient (Wildman–Crippen LogP) is 1.95. The molecule has 4 nitrogen and oxygen atoms in total. The summed E-state index contributed by atoms with van der Waals surface area (Å²) in [6.45, 7) is 7.43. The van der Waals surface area contributed by atoms with Crippen LogP contribution in [-0.4, -0.2) is 56.9 Å². The number of ether oxygens (including phenoxy) is 1. The summed E-state index contributed by atoms with van der Waals surface area (Å²) < 4.78 is 5.48. The standard InChI is InChI=1S/C17H29N3O/c1-3-21-14-13-19(2)17(15-18)9-11-20(12-10-17)16-7-5-4-6-8-16/h4-8H,3,9-15,18H2,1-2H3. The number of anilines is 1. The van der Waals surface area contributed by atoms with E-state index < -0.39 is 0 Å². The minimum atomic E-state index is 0.127. The van der Waals surface area contributed by atoms with Crippen molar-refractivity contribution in [2.45, 2.75) is 25.3 Å². The fraction of sp³-hybridized carbons (Fsp3) is 0.647. The summed E-state index contributed by atoms with van der Waals surface area (Å²) >= 11 is 0. The normalized spacial score (nSPS) is 18.2. The van der Waals surface area contributed by atoms with Gasteiger partial charge in [-0.15, -0.1) is 0 Å². The Morgan fingerprint density at radius 3 is 2.48 bits per heavy atom. The molecule has 0 aliphatic carbocycles. The topological polar surface area (TPSA) is 41.7 Å². The Bertz CT molecular complexity index is 402. The SMILES string of the molecule is CCOCCN(C)C1(CN)CCN(c2ccccc2)CC1. The number of hydrogen-bond acceptors (Lipinski definition) is 4. The number of rotatable bonds is 7. The molecule has 118 valence electrons. The van der Waals surface area contributed by atoms with E-state index in [1.54, 1.807) is 0 Å². The van der Waals surface area contributed by atoms with Crippen LogP contribution in [0.3, 0.4) is 0 Å². The Balaban J connectivity index is 1.92. The molecule has 0 amide bonds. The van der Waals surface area contributed by atoms with Crippen molar-refractivity contribution in [2.75, 3.05) is 51.3 Å². The van der Waals surface area contributed by atoms with Crippen molar-refractivity contribution in [2.24, 2.45) is 5.73 Å². The molecule has 0 radical (unpaired) electrons. The number of benzene rings is 1. The maximum Gasteiger partial charge on any atom is 0.0593 e. The summed E-state index contributed by atoms with van der Waals surface area (Å²) in [5.74, 6) is 0. The predicted molar refractivity (Wildman–Crippen MR) is 88.8 cm³/mol. The van der Waals surface area contributed by atoms with Crippen molar-refractivity contribution >= 4 is 5.69 Å². The van der Waals surface area contributed by atoms with Gasteiger partial charge in [0, 0.05) is 44.0 Å². The lowest BCUT2D eigenvalue weighted by atomic mass is 9.85. The highest BCUT2D eigenvalue weighted by molar-refractivity contribution is 5.46. The Kier molecular flexibility index (Phi) is 6.03. The molecule has 1 aromatic rings. The number of piperidine rings is 1. The van der Waals surface area contributed by atoms with Gasteiger partial charge in [-0.25, -0.2) is 0 Å². The summed E-state index contributed by atoms with van der Waals surface area (Å²) in [5, 5.41) is 0. The van der Waals surface area contributed by atoms with Crippen LogP contribution in [0.2, 0.25) is 0 Å². The first-order chi connectivity index (χ1) is 10.2. The van der Waals surface area contributed by atoms with Gasteiger partial charge in [0.15, 0.2) is 0 Å². The van der Waals surface area contributed by atoms with Crippen LogP contribution in [0.15, 0.2) is 30.3 Å². The van der Waals surface area contributed by atoms with E-state index in [2.05, 4.69) is 47.2 Å². The fourth-order valence-electron chi connectivity index (χ4n) is 3.14. The molecule has 0 spiro atoms. The van der Waals surface area contributed by atoms with E-state index in [0.717, 1.165) is 52.2 Å². The largest absolute Gasteiger partial charge is 0.380 e. The van der Waals surface area contributed by atoms with E-state index in [-0.39, 0.29) is 5.54 Å². The average molecular weight is 291 g/mol. The van der Waals surface area contributed by atoms with Crippen LogP contribution in [0, 0.1) is 0 Å². The summed E-state index contributed by atoms with van der Waals surface area (Å²) in [6, 6.07) is 10.7. The highest BCUT2D eigenvalue weighted by Crippen LogP contribution is 2.29. The second kappa shape index (κ2) is 7.78. The Morgan fingerprint density at radius 2 is 1.90 bits per heavy atom. The number of nitrogens with zero attached hydrogens (tertiary/aromatic N) is 2. The first kappa shape index (κ1) is 16.3. The molecule has 0 unspecified atom stereocenters. The average Bonchev–Trinajstić information content (AvgIpc) is 2.56. The lowest BCUT2D eigenvalue weighted by Gasteiger charge is -2.47. The zero-order valence-electron chi connectivity index (χ0n) is 13.4. The van der Waals surface area contributed by atoms with Gasteiger partial charge < -0.3 is 15.4 Å². The van der Waals surface area contributed by atoms with Crippen LogP contribution in [0.1, 0.15) is 19.8 Å². The Hall–Kier alpha value is -1.10. The zero-order valence-corrected chi connectivity index (χ0v) is 13.4. The van der Waals surface area contributed by atoms with Gasteiger partial charge in [-0.3, -0.25) is 4.90 Å². The first-order valence-electron chi connectivity index (χ1n) is 8.01. The third kappa shape index (κ3) is 3.96. The van der Waals surface area contributed by atoms with Gasteiger partial charge in [0.05, 0.1) is 6.61 Å². The Morgan fingerprint density at radius 1 is 1.24 bits per heavy atom. The number of likely N-dealkylation sites (N-methyl/N-ethyl adjacent to an activating group) is 1. The quantitative estimate of drug-likeness (QED) is 0.780. The van der Waals surface area contributed by atoms with Crippen LogP contribution >= 0.6 is 0 Å². The van der Waals surface area contributed by atoms with Gasteiger partial charge >= 0.3 is 0 Å². The molecule has 1 fully saturated rings. The molecule has 4 heteroatoms. The third-order valence-corrected chi connectivity index (χ3v) is 4.78. The molecular weight excluding hydrogens is 262 g/mol. The van der Waals surface area contributed by atoms with Gasteiger partial charge in [0.25, 0.3) is 0 Å². The van der Waals surface area contributed by atoms with E-state index in [9.17, 15) is 0 Å². The Labute approximate surface area is 128 Å². The second-order valence-electron chi connectivity index (χ2n) is 5.87. The van der Waals surface area contributed by atoms with Gasteiger partial charge in [0.1, 0.15) is 0 Å². The third-order valence-electron chi connectivity index (χ3n) is 4.78. The van der Waals surface area contributed by atoms with Crippen LogP contribution in [0.4, 0.5) is 5.69 Å². The molecule has 0 atom stereocenters. The summed E-state index contributed by atoms with van der Waals surface area (Å²) in [4.78, 5) is 4.87. The molecule has 1 aromatic carbocycles. The van der Waals surface area contributed by atoms with Crippen molar-refractivity contribution in [3.05, 3.63) is 30.3 Å². The van der Waals surface area contributed by atoms with Gasteiger partial charge in [0.2, 0.25) is 0 Å². The lowest BCUT2D eigenvalue weighted by molar-refractivity contribution is 0.0532. The van der Waals surface area contributed by atoms with Crippen LogP contribution in [0.25, 0.3) is 0 Å². The smallest absolute Gasteiger partial charge is 0.0593 e. The van der Waals surface area contributed by atoms with Crippen LogP contribution < -0.4 is 10.6 Å². The minimum Gasteiger partial charge on any atom is -0.380 e. The monoisotopic (exact) mass is 291 g/mol. The molecule has 0 aromatic heterocycles. The summed E-state index contributed by atoms with van der Waals surface area (Å²) in [7, 11) is 2.18. The highest BCUT2D eigenvalue weighted by atomic mass is 16.5. The maximum absolute atomic E-state index is 6.13. The van der Waals surface area contributed by atoms with E-state index in [1.165, 1.54) is 5.69 Å². The molecule has 2 rings (SSSR count). The zero-order chi connectivity index (χ0) is 15.1.